The number of carbonyl (C=O) groups excluding carboxylic acids is 2. The lowest BCUT2D eigenvalue weighted by molar-refractivity contribution is 0.0642. The van der Waals surface area contributed by atoms with Gasteiger partial charge in [-0.25, -0.2) is 0 Å². The lowest BCUT2D eigenvalue weighted by Gasteiger charge is -2.10. The van der Waals surface area contributed by atoms with E-state index in [0.717, 1.165) is 11.1 Å². The van der Waals surface area contributed by atoms with Gasteiger partial charge in [-0.15, -0.1) is 10.2 Å². The third kappa shape index (κ3) is 2.45. The summed E-state index contributed by atoms with van der Waals surface area (Å²) in [4.78, 5) is 26.9. The van der Waals surface area contributed by atoms with E-state index in [-0.39, 0.29) is 18.4 Å². The highest BCUT2D eigenvalue weighted by atomic mass is 32.1. The molecule has 132 valence electrons. The number of aromatic nitrogens is 4. The zero-order valence-corrected chi connectivity index (χ0v) is 15.1. The van der Waals surface area contributed by atoms with Crippen molar-refractivity contribution in [3.8, 4) is 11.4 Å². The predicted molar refractivity (Wildman–Crippen MR) is 99.5 cm³/mol. The lowest BCUT2D eigenvalue weighted by Crippen LogP contribution is -2.29. The molecule has 3 heterocycles. The SMILES string of the molecule is Cc1cccc(-c2nnc3sc(CN4C(=O)c5ccccc5C4=O)nn23)c1. The standard InChI is InChI=1S/C19H13N5O2S/c1-11-5-4-6-12(9-11)16-20-21-19-24(16)22-15(27-19)10-23-17(25)13-7-2-3-8-14(13)18(23)26/h2-9H,10H2,1H3. The summed E-state index contributed by atoms with van der Waals surface area (Å²) in [5.74, 6) is 0.0551. The van der Waals surface area contributed by atoms with Gasteiger partial charge in [0.25, 0.3) is 11.8 Å². The first-order valence-electron chi connectivity index (χ1n) is 8.35. The summed E-state index contributed by atoms with van der Waals surface area (Å²) in [6.07, 6.45) is 0. The van der Waals surface area contributed by atoms with Crippen LogP contribution in [0.15, 0.2) is 48.5 Å². The Bertz CT molecular complexity index is 1190. The van der Waals surface area contributed by atoms with Crippen molar-refractivity contribution in [3.63, 3.8) is 0 Å². The van der Waals surface area contributed by atoms with Crippen LogP contribution in [0.1, 0.15) is 31.3 Å². The molecule has 0 radical (unpaired) electrons. The van der Waals surface area contributed by atoms with Gasteiger partial charge in [0, 0.05) is 5.56 Å². The maximum Gasteiger partial charge on any atom is 0.261 e. The van der Waals surface area contributed by atoms with Crippen LogP contribution < -0.4 is 0 Å². The summed E-state index contributed by atoms with van der Waals surface area (Å²) in [5, 5.41) is 13.6. The van der Waals surface area contributed by atoms with E-state index in [4.69, 9.17) is 0 Å². The highest BCUT2D eigenvalue weighted by molar-refractivity contribution is 7.16. The maximum atomic E-state index is 12.5. The van der Waals surface area contributed by atoms with Gasteiger partial charge in [0.2, 0.25) is 4.96 Å². The van der Waals surface area contributed by atoms with E-state index < -0.39 is 0 Å². The van der Waals surface area contributed by atoms with E-state index >= 15 is 0 Å². The first kappa shape index (κ1) is 15.8. The fourth-order valence-corrected chi connectivity index (χ4v) is 4.02. The molecule has 27 heavy (non-hydrogen) atoms. The molecular formula is C19H13N5O2S. The molecule has 7 nitrogen and oxygen atoms in total. The molecule has 0 saturated carbocycles. The summed E-state index contributed by atoms with van der Waals surface area (Å²) in [6.45, 7) is 2.13. The molecule has 2 aromatic carbocycles. The number of hydrogen-bond acceptors (Lipinski definition) is 6. The molecule has 4 aromatic rings. The molecule has 0 aliphatic carbocycles. The van der Waals surface area contributed by atoms with Gasteiger partial charge in [-0.05, 0) is 25.1 Å². The van der Waals surface area contributed by atoms with Gasteiger partial charge in [0.05, 0.1) is 17.7 Å². The largest absolute Gasteiger partial charge is 0.269 e. The molecule has 0 unspecified atom stereocenters. The van der Waals surface area contributed by atoms with Gasteiger partial charge in [-0.2, -0.15) is 9.61 Å². The minimum Gasteiger partial charge on any atom is -0.269 e. The topological polar surface area (TPSA) is 80.5 Å². The van der Waals surface area contributed by atoms with Gasteiger partial charge >= 0.3 is 0 Å². The van der Waals surface area contributed by atoms with E-state index in [1.54, 1.807) is 28.8 Å². The van der Waals surface area contributed by atoms with Crippen molar-refractivity contribution >= 4 is 28.1 Å². The van der Waals surface area contributed by atoms with Gasteiger partial charge in [0.15, 0.2) is 5.82 Å². The summed E-state index contributed by atoms with van der Waals surface area (Å²) < 4.78 is 1.66. The number of imide groups is 1. The number of nitrogens with zero attached hydrogens (tertiary/aromatic N) is 5. The maximum absolute atomic E-state index is 12.5. The van der Waals surface area contributed by atoms with Crippen molar-refractivity contribution in [3.05, 3.63) is 70.2 Å². The summed E-state index contributed by atoms with van der Waals surface area (Å²) in [6, 6.07) is 14.8. The van der Waals surface area contributed by atoms with Crippen LogP contribution in [0.5, 0.6) is 0 Å². The van der Waals surface area contributed by atoms with Crippen LogP contribution in [0.25, 0.3) is 16.3 Å². The van der Waals surface area contributed by atoms with Crippen LogP contribution in [-0.2, 0) is 6.54 Å². The van der Waals surface area contributed by atoms with Gasteiger partial charge in [-0.1, -0.05) is 47.2 Å². The quantitative estimate of drug-likeness (QED) is 0.514. The minimum atomic E-state index is -0.291. The van der Waals surface area contributed by atoms with E-state index in [9.17, 15) is 9.59 Å². The van der Waals surface area contributed by atoms with Crippen LogP contribution in [0.2, 0.25) is 0 Å². The number of carbonyl (C=O) groups is 2. The highest BCUT2D eigenvalue weighted by Crippen LogP contribution is 2.27. The normalized spacial score (nSPS) is 13.6. The lowest BCUT2D eigenvalue weighted by atomic mass is 10.1. The average molecular weight is 375 g/mol. The van der Waals surface area contributed by atoms with Crippen molar-refractivity contribution in [2.45, 2.75) is 13.5 Å². The molecule has 0 saturated heterocycles. The number of hydrogen-bond donors (Lipinski definition) is 0. The second kappa shape index (κ2) is 5.82. The average Bonchev–Trinajstić information content (AvgIpc) is 3.31. The predicted octanol–water partition coefficient (Wildman–Crippen LogP) is 2.96. The fraction of sp³-hybridized carbons (Fsp3) is 0.105. The molecule has 0 spiro atoms. The van der Waals surface area contributed by atoms with Crippen molar-refractivity contribution in [1.82, 2.24) is 24.7 Å². The minimum absolute atomic E-state index is 0.119. The molecule has 2 amide bonds. The van der Waals surface area contributed by atoms with Crippen LogP contribution in [0.4, 0.5) is 0 Å². The number of rotatable bonds is 3. The fourth-order valence-electron chi connectivity index (χ4n) is 3.20. The van der Waals surface area contributed by atoms with E-state index in [1.807, 2.05) is 31.2 Å². The monoisotopic (exact) mass is 375 g/mol. The molecule has 0 bridgehead atoms. The van der Waals surface area contributed by atoms with E-state index in [0.29, 0.717) is 26.9 Å². The number of amides is 2. The Morgan fingerprint density at radius 1 is 0.963 bits per heavy atom. The third-order valence-corrected chi connectivity index (χ3v) is 5.36. The smallest absolute Gasteiger partial charge is 0.261 e. The Labute approximate surface area is 157 Å². The van der Waals surface area contributed by atoms with Crippen molar-refractivity contribution in [2.75, 3.05) is 0 Å². The van der Waals surface area contributed by atoms with Crippen LogP contribution >= 0.6 is 11.3 Å². The second-order valence-corrected chi connectivity index (χ2v) is 7.37. The zero-order valence-electron chi connectivity index (χ0n) is 14.3. The number of fused-ring (bicyclic) bond motifs is 2. The zero-order chi connectivity index (χ0) is 18.5. The van der Waals surface area contributed by atoms with Crippen molar-refractivity contribution < 1.29 is 9.59 Å². The summed E-state index contributed by atoms with van der Waals surface area (Å²) in [7, 11) is 0. The first-order chi connectivity index (χ1) is 13.1. The molecule has 0 atom stereocenters. The molecule has 5 rings (SSSR count). The van der Waals surface area contributed by atoms with Gasteiger partial charge < -0.3 is 0 Å². The van der Waals surface area contributed by atoms with Crippen LogP contribution in [-0.4, -0.2) is 36.5 Å². The van der Waals surface area contributed by atoms with Gasteiger partial charge in [-0.3, -0.25) is 14.5 Å². The molecule has 0 N–H and O–H groups in total. The summed E-state index contributed by atoms with van der Waals surface area (Å²) in [5.41, 5.74) is 2.91. The molecular weight excluding hydrogens is 362 g/mol. The van der Waals surface area contributed by atoms with Gasteiger partial charge in [0.1, 0.15) is 5.01 Å². The molecule has 1 aliphatic heterocycles. The Morgan fingerprint density at radius 2 is 1.70 bits per heavy atom. The van der Waals surface area contributed by atoms with Crippen molar-refractivity contribution in [1.29, 1.82) is 0 Å². The Balaban J connectivity index is 1.49. The van der Waals surface area contributed by atoms with E-state index in [2.05, 4.69) is 15.3 Å². The Hall–Kier alpha value is -3.39. The molecule has 0 fully saturated rings. The Kier molecular flexibility index (Phi) is 3.41. The van der Waals surface area contributed by atoms with Crippen LogP contribution in [0, 0.1) is 6.92 Å². The number of benzene rings is 2. The Morgan fingerprint density at radius 3 is 2.41 bits per heavy atom. The van der Waals surface area contributed by atoms with E-state index in [1.165, 1.54) is 16.2 Å². The molecule has 2 aromatic heterocycles. The highest BCUT2D eigenvalue weighted by Gasteiger charge is 2.35. The molecule has 8 heteroatoms. The van der Waals surface area contributed by atoms with Crippen LogP contribution in [0.3, 0.4) is 0 Å². The van der Waals surface area contributed by atoms with Crippen molar-refractivity contribution in [2.24, 2.45) is 0 Å². The summed E-state index contributed by atoms with van der Waals surface area (Å²) >= 11 is 1.32. The third-order valence-electron chi connectivity index (χ3n) is 4.48. The number of aryl methyl sites for hydroxylation is 1. The molecule has 1 aliphatic rings. The first-order valence-corrected chi connectivity index (χ1v) is 9.17. The second-order valence-electron chi connectivity index (χ2n) is 6.33.